The van der Waals surface area contributed by atoms with Gasteiger partial charge in [-0.2, -0.15) is 5.10 Å². The minimum atomic E-state index is -0.418. The Morgan fingerprint density at radius 1 is 0.657 bits per heavy atom. The van der Waals surface area contributed by atoms with Crippen molar-refractivity contribution in [1.29, 1.82) is 0 Å². The first-order valence-electron chi connectivity index (χ1n) is 11.2. The summed E-state index contributed by atoms with van der Waals surface area (Å²) >= 11 is 0. The van der Waals surface area contributed by atoms with Gasteiger partial charge in [0.2, 0.25) is 5.78 Å². The van der Waals surface area contributed by atoms with Crippen LogP contribution in [0, 0.1) is 0 Å². The van der Waals surface area contributed by atoms with Crippen molar-refractivity contribution in [2.24, 2.45) is 5.10 Å². The minimum Gasteiger partial charge on any atom is -0.331 e. The van der Waals surface area contributed by atoms with Crippen LogP contribution in [0.1, 0.15) is 15.9 Å². The van der Waals surface area contributed by atoms with Crippen LogP contribution in [0.4, 0.5) is 0 Å². The fourth-order valence-corrected chi connectivity index (χ4v) is 4.11. The number of nitrogens with zero attached hydrogens (tertiary/aromatic N) is 2. The van der Waals surface area contributed by atoms with Crippen LogP contribution in [0.25, 0.3) is 21.8 Å². The molecule has 0 saturated heterocycles. The maximum Gasteiger partial charge on any atom is 0.260 e. The monoisotopic (exact) mass is 459 g/mol. The van der Waals surface area contributed by atoms with Gasteiger partial charge in [0.05, 0.1) is 11.0 Å². The first-order chi connectivity index (χ1) is 17.1. The molecule has 4 aromatic carbocycles. The number of benzene rings is 4. The van der Waals surface area contributed by atoms with Gasteiger partial charge in [0.15, 0.2) is 5.43 Å². The molecule has 6 heteroatoms. The van der Waals surface area contributed by atoms with Gasteiger partial charge >= 0.3 is 0 Å². The number of fused-ring (bicyclic) bond motifs is 2. The van der Waals surface area contributed by atoms with E-state index < -0.39 is 5.91 Å². The minimum absolute atomic E-state index is 0.0770. The molecular weight excluding hydrogens is 438 g/mol. The molecule has 0 aliphatic heterocycles. The second-order valence-electron chi connectivity index (χ2n) is 8.01. The molecule has 0 aliphatic carbocycles. The van der Waals surface area contributed by atoms with E-state index in [1.165, 1.54) is 0 Å². The Hall–Kier alpha value is -4.84. The average molecular weight is 460 g/mol. The fraction of sp³-hybridized carbons (Fsp3) is 0.0345. The van der Waals surface area contributed by atoms with Crippen molar-refractivity contribution in [3.05, 3.63) is 131 Å². The van der Waals surface area contributed by atoms with Crippen molar-refractivity contribution in [2.75, 3.05) is 0 Å². The Labute approximate surface area is 201 Å². The topological polar surface area (TPSA) is 80.5 Å². The van der Waals surface area contributed by atoms with Crippen molar-refractivity contribution < 1.29 is 9.59 Å². The quantitative estimate of drug-likeness (QED) is 0.175. The van der Waals surface area contributed by atoms with Crippen LogP contribution in [0.2, 0.25) is 0 Å². The number of para-hydroxylation sites is 2. The fourth-order valence-electron chi connectivity index (χ4n) is 4.11. The van der Waals surface area contributed by atoms with E-state index in [1.54, 1.807) is 65.2 Å². The van der Waals surface area contributed by atoms with Gasteiger partial charge in [0.1, 0.15) is 12.3 Å². The van der Waals surface area contributed by atoms with Crippen molar-refractivity contribution in [3.63, 3.8) is 0 Å². The first kappa shape index (κ1) is 22.0. The summed E-state index contributed by atoms with van der Waals surface area (Å²) < 4.78 is 1.79. The van der Waals surface area contributed by atoms with Crippen LogP contribution >= 0.6 is 0 Å². The Balaban J connectivity index is 1.51. The molecule has 0 aliphatic rings. The summed E-state index contributed by atoms with van der Waals surface area (Å²) in [5, 5.41) is 5.30. The van der Waals surface area contributed by atoms with Crippen LogP contribution < -0.4 is 10.9 Å². The second-order valence-corrected chi connectivity index (χ2v) is 8.01. The van der Waals surface area contributed by atoms with Crippen LogP contribution in [-0.2, 0) is 11.3 Å². The van der Waals surface area contributed by atoms with Crippen molar-refractivity contribution in [3.8, 4) is 0 Å². The highest BCUT2D eigenvalue weighted by molar-refractivity contribution is 6.51. The second kappa shape index (κ2) is 9.57. The summed E-state index contributed by atoms with van der Waals surface area (Å²) in [4.78, 5) is 39.2. The highest BCUT2D eigenvalue weighted by Crippen LogP contribution is 2.19. The number of hydrogen-bond donors (Lipinski definition) is 1. The number of ketones is 1. The van der Waals surface area contributed by atoms with E-state index in [1.807, 2.05) is 48.5 Å². The average Bonchev–Trinajstić information content (AvgIpc) is 2.92. The third-order valence-corrected chi connectivity index (χ3v) is 5.77. The summed E-state index contributed by atoms with van der Waals surface area (Å²) in [6.07, 6.45) is 0. The number of pyridine rings is 1. The number of Topliss-reactive ketones (excluding diaryl/α,β-unsaturated/α-hetero) is 1. The Morgan fingerprint density at radius 3 is 1.71 bits per heavy atom. The van der Waals surface area contributed by atoms with E-state index in [0.717, 1.165) is 0 Å². The zero-order valence-corrected chi connectivity index (χ0v) is 18.7. The summed E-state index contributed by atoms with van der Waals surface area (Å²) in [7, 11) is 0. The molecule has 1 N–H and O–H groups in total. The smallest absolute Gasteiger partial charge is 0.260 e. The lowest BCUT2D eigenvalue weighted by Crippen LogP contribution is -2.28. The van der Waals surface area contributed by atoms with Crippen molar-refractivity contribution in [2.45, 2.75) is 6.54 Å². The van der Waals surface area contributed by atoms with E-state index in [2.05, 4.69) is 10.5 Å². The van der Waals surface area contributed by atoms with Crippen LogP contribution in [-0.4, -0.2) is 22.0 Å². The molecule has 170 valence electrons. The summed E-state index contributed by atoms with van der Waals surface area (Å²) in [5.41, 5.74) is 4.99. The molecule has 0 saturated carbocycles. The third kappa shape index (κ3) is 4.37. The van der Waals surface area contributed by atoms with E-state index in [0.29, 0.717) is 32.9 Å². The van der Waals surface area contributed by atoms with Crippen LogP contribution in [0.15, 0.2) is 119 Å². The molecule has 5 aromatic rings. The highest BCUT2D eigenvalue weighted by atomic mass is 16.2. The van der Waals surface area contributed by atoms with Gasteiger partial charge in [0.25, 0.3) is 5.91 Å². The Kier molecular flexibility index (Phi) is 6.01. The molecule has 0 fully saturated rings. The number of amides is 1. The lowest BCUT2D eigenvalue weighted by Gasteiger charge is -2.14. The standard InChI is InChI=1S/C29H21N3O3/c33-26(19-32-24-17-9-7-15-22(24)29(35)23-16-8-10-18-25(23)32)30-31-27(20-11-3-1-4-12-20)28(34)21-13-5-2-6-14-21/h1-18H,19H2,(H,30,33). The van der Waals surface area contributed by atoms with Crippen LogP contribution in [0.5, 0.6) is 0 Å². The lowest BCUT2D eigenvalue weighted by atomic mass is 10.0. The molecular formula is C29H21N3O3. The summed E-state index contributed by atoms with van der Waals surface area (Å²) in [6.45, 7) is -0.0770. The molecule has 0 bridgehead atoms. The molecule has 0 spiro atoms. The molecule has 0 radical (unpaired) electrons. The van der Waals surface area contributed by atoms with Gasteiger partial charge in [-0.05, 0) is 24.3 Å². The number of rotatable bonds is 6. The molecule has 0 atom stereocenters. The first-order valence-corrected chi connectivity index (χ1v) is 11.2. The van der Waals surface area contributed by atoms with E-state index in [-0.39, 0.29) is 23.5 Å². The zero-order chi connectivity index (χ0) is 24.2. The number of hydrazone groups is 1. The maximum absolute atomic E-state index is 13.2. The van der Waals surface area contributed by atoms with E-state index in [9.17, 15) is 14.4 Å². The lowest BCUT2D eigenvalue weighted by molar-refractivity contribution is -0.121. The van der Waals surface area contributed by atoms with E-state index in [4.69, 9.17) is 0 Å². The number of hydrogen-bond acceptors (Lipinski definition) is 4. The number of carbonyl (C=O) groups is 2. The van der Waals surface area contributed by atoms with Crippen LogP contribution in [0.3, 0.4) is 0 Å². The van der Waals surface area contributed by atoms with Gasteiger partial charge in [0, 0.05) is 21.9 Å². The Bertz CT molecular complexity index is 1580. The summed E-state index contributed by atoms with van der Waals surface area (Å²) in [6, 6.07) is 32.2. The van der Waals surface area contributed by atoms with Gasteiger partial charge in [-0.3, -0.25) is 14.4 Å². The van der Waals surface area contributed by atoms with Gasteiger partial charge < -0.3 is 4.57 Å². The van der Waals surface area contributed by atoms with Gasteiger partial charge in [-0.25, -0.2) is 5.43 Å². The molecule has 1 aromatic heterocycles. The SMILES string of the molecule is O=C(Cn1c2ccccc2c(=O)c2ccccc21)NN=C(C(=O)c1ccccc1)c1ccccc1. The molecule has 1 amide bonds. The number of carbonyl (C=O) groups excluding carboxylic acids is 2. The van der Waals surface area contributed by atoms with Crippen molar-refractivity contribution >= 4 is 39.2 Å². The molecule has 1 heterocycles. The van der Waals surface area contributed by atoms with Crippen molar-refractivity contribution in [1.82, 2.24) is 9.99 Å². The molecule has 35 heavy (non-hydrogen) atoms. The predicted molar refractivity (Wildman–Crippen MR) is 138 cm³/mol. The third-order valence-electron chi connectivity index (χ3n) is 5.77. The molecule has 6 nitrogen and oxygen atoms in total. The zero-order valence-electron chi connectivity index (χ0n) is 18.7. The largest absolute Gasteiger partial charge is 0.331 e. The number of nitrogens with one attached hydrogen (secondary N) is 1. The van der Waals surface area contributed by atoms with E-state index >= 15 is 0 Å². The van der Waals surface area contributed by atoms with Gasteiger partial charge in [-0.15, -0.1) is 0 Å². The molecule has 0 unspecified atom stereocenters. The predicted octanol–water partition coefficient (Wildman–Crippen LogP) is 4.56. The maximum atomic E-state index is 13.2. The van der Waals surface area contributed by atoms with Gasteiger partial charge in [-0.1, -0.05) is 84.9 Å². The normalized spacial score (nSPS) is 11.5. The number of aromatic nitrogens is 1. The highest BCUT2D eigenvalue weighted by Gasteiger charge is 2.18. The Morgan fingerprint density at radius 2 is 1.14 bits per heavy atom. The summed E-state index contributed by atoms with van der Waals surface area (Å²) in [5.74, 6) is -0.713. The molecule has 5 rings (SSSR count).